The summed E-state index contributed by atoms with van der Waals surface area (Å²) in [5.41, 5.74) is 7.98. The smallest absolute Gasteiger partial charge is 0.254 e. The Morgan fingerprint density at radius 1 is 1.18 bits per heavy atom. The molecule has 0 fully saturated rings. The summed E-state index contributed by atoms with van der Waals surface area (Å²) in [4.78, 5) is 26.6. The van der Waals surface area contributed by atoms with Crippen LogP contribution in [0.4, 0.5) is 0 Å². The summed E-state index contributed by atoms with van der Waals surface area (Å²) in [6.07, 6.45) is 7.36. The average molecular weight is 378 g/mol. The molecule has 3 rings (SSSR count). The normalized spacial score (nSPS) is 15.6. The summed E-state index contributed by atoms with van der Waals surface area (Å²) in [7, 11) is 1.58. The van der Waals surface area contributed by atoms with Gasteiger partial charge in [-0.25, -0.2) is 0 Å². The number of nitrogens with two attached hydrogens (primary N) is 1. The third kappa shape index (κ3) is 4.09. The predicted molar refractivity (Wildman–Crippen MR) is 110 cm³/mol. The van der Waals surface area contributed by atoms with Crippen molar-refractivity contribution in [3.05, 3.63) is 65.7 Å². The summed E-state index contributed by atoms with van der Waals surface area (Å²) < 4.78 is 5.44. The van der Waals surface area contributed by atoms with Crippen LogP contribution in [-0.4, -0.2) is 36.4 Å². The molecule has 2 N–H and O–H groups in total. The van der Waals surface area contributed by atoms with Crippen LogP contribution in [0.15, 0.2) is 54.6 Å². The highest BCUT2D eigenvalue weighted by Gasteiger charge is 2.25. The minimum Gasteiger partial charge on any atom is -0.496 e. The first-order chi connectivity index (χ1) is 13.5. The Balaban J connectivity index is 1.92. The fraction of sp³-hybridized carbons (Fsp3) is 0.304. The van der Waals surface area contributed by atoms with E-state index in [0.717, 1.165) is 30.4 Å². The van der Waals surface area contributed by atoms with Crippen LogP contribution in [0.2, 0.25) is 0 Å². The Bertz CT molecular complexity index is 904. The number of hydrogen-bond acceptors (Lipinski definition) is 3. The van der Waals surface area contributed by atoms with E-state index in [2.05, 4.69) is 19.1 Å². The lowest BCUT2D eigenvalue weighted by Crippen LogP contribution is -2.36. The van der Waals surface area contributed by atoms with Gasteiger partial charge in [-0.1, -0.05) is 44.1 Å². The van der Waals surface area contributed by atoms with E-state index < -0.39 is 5.91 Å². The number of ether oxygens (including phenoxy) is 1. The van der Waals surface area contributed by atoms with Gasteiger partial charge in [0.05, 0.1) is 13.2 Å². The van der Waals surface area contributed by atoms with Gasteiger partial charge < -0.3 is 15.4 Å². The number of nitrogens with zero attached hydrogens (tertiary/aromatic N) is 1. The van der Waals surface area contributed by atoms with Crippen molar-refractivity contribution in [2.75, 3.05) is 13.7 Å². The highest BCUT2D eigenvalue weighted by Crippen LogP contribution is 2.32. The fourth-order valence-corrected chi connectivity index (χ4v) is 3.54. The van der Waals surface area contributed by atoms with Crippen LogP contribution in [-0.2, 0) is 0 Å². The van der Waals surface area contributed by atoms with E-state index in [1.165, 1.54) is 0 Å². The standard InChI is InChI=1S/C23H26N2O3/c1-3-4-9-19-10-6-13-25(19)23(27)18-8-5-7-16(14-18)20-15-17(22(24)26)11-12-21(20)28-2/h5-8,10-12,14-15,19H,3-4,9,13H2,1-2H3,(H2,24,26)/t19-/m0/s1. The summed E-state index contributed by atoms with van der Waals surface area (Å²) in [5, 5.41) is 0. The van der Waals surface area contributed by atoms with Gasteiger partial charge in [0.1, 0.15) is 5.75 Å². The maximum atomic E-state index is 13.1. The average Bonchev–Trinajstić information content (AvgIpc) is 3.19. The molecular weight excluding hydrogens is 352 g/mol. The fourth-order valence-electron chi connectivity index (χ4n) is 3.54. The zero-order valence-corrected chi connectivity index (χ0v) is 16.4. The van der Waals surface area contributed by atoms with Crippen LogP contribution in [0.1, 0.15) is 46.9 Å². The molecule has 0 saturated carbocycles. The molecule has 28 heavy (non-hydrogen) atoms. The van der Waals surface area contributed by atoms with Gasteiger partial charge in [-0.3, -0.25) is 9.59 Å². The van der Waals surface area contributed by atoms with Crippen molar-refractivity contribution in [2.45, 2.75) is 32.2 Å². The maximum Gasteiger partial charge on any atom is 0.254 e. The quantitative estimate of drug-likeness (QED) is 0.739. The van der Waals surface area contributed by atoms with E-state index in [4.69, 9.17) is 10.5 Å². The number of methoxy groups -OCH3 is 1. The van der Waals surface area contributed by atoms with Crippen LogP contribution in [0, 0.1) is 0 Å². The highest BCUT2D eigenvalue weighted by molar-refractivity contribution is 5.97. The first-order valence-corrected chi connectivity index (χ1v) is 9.61. The molecule has 0 bridgehead atoms. The number of hydrogen-bond donors (Lipinski definition) is 1. The predicted octanol–water partition coefficient (Wildman–Crippen LogP) is 4.03. The SMILES string of the molecule is CCCC[C@H]1C=CCN1C(=O)c1cccc(-c2cc(C(N)=O)ccc2OC)c1. The minimum atomic E-state index is -0.502. The second-order valence-electron chi connectivity index (χ2n) is 6.96. The lowest BCUT2D eigenvalue weighted by atomic mass is 9.99. The number of rotatable bonds is 7. The molecule has 0 saturated heterocycles. The Kier molecular flexibility index (Phi) is 6.14. The van der Waals surface area contributed by atoms with Crippen LogP contribution in [0.3, 0.4) is 0 Å². The van der Waals surface area contributed by atoms with E-state index in [1.54, 1.807) is 25.3 Å². The van der Waals surface area contributed by atoms with Gasteiger partial charge in [-0.15, -0.1) is 0 Å². The first kappa shape index (κ1) is 19.7. The molecule has 0 aromatic heterocycles. The van der Waals surface area contributed by atoms with E-state index in [1.807, 2.05) is 29.2 Å². The zero-order valence-electron chi connectivity index (χ0n) is 16.4. The number of unbranched alkanes of at least 4 members (excludes halogenated alkanes) is 1. The van der Waals surface area contributed by atoms with Crippen LogP contribution < -0.4 is 10.5 Å². The minimum absolute atomic E-state index is 0.0120. The molecule has 0 aliphatic carbocycles. The monoisotopic (exact) mass is 378 g/mol. The van der Waals surface area contributed by atoms with Gasteiger partial charge in [-0.05, 0) is 42.3 Å². The number of primary amides is 1. The van der Waals surface area contributed by atoms with Gasteiger partial charge in [0.2, 0.25) is 5.91 Å². The highest BCUT2D eigenvalue weighted by atomic mass is 16.5. The van der Waals surface area contributed by atoms with Crippen molar-refractivity contribution in [3.63, 3.8) is 0 Å². The van der Waals surface area contributed by atoms with Crippen molar-refractivity contribution >= 4 is 11.8 Å². The molecule has 1 atom stereocenters. The van der Waals surface area contributed by atoms with E-state index in [0.29, 0.717) is 23.4 Å². The molecule has 5 heteroatoms. The van der Waals surface area contributed by atoms with Gasteiger partial charge in [0.25, 0.3) is 5.91 Å². The number of amides is 2. The first-order valence-electron chi connectivity index (χ1n) is 9.61. The molecule has 0 radical (unpaired) electrons. The maximum absolute atomic E-state index is 13.1. The molecule has 2 aromatic rings. The zero-order chi connectivity index (χ0) is 20.1. The second kappa shape index (κ2) is 8.74. The number of carbonyl (C=O) groups excluding carboxylic acids is 2. The third-order valence-electron chi connectivity index (χ3n) is 5.08. The Morgan fingerprint density at radius 2 is 2.00 bits per heavy atom. The summed E-state index contributed by atoms with van der Waals surface area (Å²) in [5.74, 6) is 0.134. The van der Waals surface area contributed by atoms with E-state index in [9.17, 15) is 9.59 Å². The van der Waals surface area contributed by atoms with Crippen molar-refractivity contribution in [1.29, 1.82) is 0 Å². The van der Waals surface area contributed by atoms with Crippen molar-refractivity contribution in [2.24, 2.45) is 5.73 Å². The van der Waals surface area contributed by atoms with E-state index >= 15 is 0 Å². The van der Waals surface area contributed by atoms with Crippen molar-refractivity contribution in [3.8, 4) is 16.9 Å². The molecule has 1 aliphatic heterocycles. The van der Waals surface area contributed by atoms with Gasteiger partial charge >= 0.3 is 0 Å². The second-order valence-corrected chi connectivity index (χ2v) is 6.96. The van der Waals surface area contributed by atoms with E-state index in [-0.39, 0.29) is 11.9 Å². The summed E-state index contributed by atoms with van der Waals surface area (Å²) >= 11 is 0. The number of carbonyl (C=O) groups is 2. The van der Waals surface area contributed by atoms with Crippen LogP contribution in [0.5, 0.6) is 5.75 Å². The van der Waals surface area contributed by atoms with Crippen LogP contribution >= 0.6 is 0 Å². The molecular formula is C23H26N2O3. The topological polar surface area (TPSA) is 72.6 Å². The van der Waals surface area contributed by atoms with Crippen molar-refractivity contribution in [1.82, 2.24) is 4.90 Å². The number of benzene rings is 2. The molecule has 1 heterocycles. The Labute approximate surface area is 165 Å². The largest absolute Gasteiger partial charge is 0.496 e. The van der Waals surface area contributed by atoms with Gasteiger partial charge in [-0.2, -0.15) is 0 Å². The molecule has 1 aliphatic rings. The van der Waals surface area contributed by atoms with Crippen LogP contribution in [0.25, 0.3) is 11.1 Å². The Hall–Kier alpha value is -3.08. The van der Waals surface area contributed by atoms with Gasteiger partial charge in [0.15, 0.2) is 0 Å². The molecule has 146 valence electrons. The molecule has 5 nitrogen and oxygen atoms in total. The third-order valence-corrected chi connectivity index (χ3v) is 5.08. The molecule has 2 amide bonds. The molecule has 0 unspecified atom stereocenters. The molecule has 0 spiro atoms. The lowest BCUT2D eigenvalue weighted by molar-refractivity contribution is 0.0743. The lowest BCUT2D eigenvalue weighted by Gasteiger charge is -2.25. The Morgan fingerprint density at radius 3 is 2.71 bits per heavy atom. The van der Waals surface area contributed by atoms with Crippen molar-refractivity contribution < 1.29 is 14.3 Å². The summed E-state index contributed by atoms with van der Waals surface area (Å²) in [6, 6.07) is 12.6. The summed E-state index contributed by atoms with van der Waals surface area (Å²) in [6.45, 7) is 2.79. The molecule has 2 aromatic carbocycles. The van der Waals surface area contributed by atoms with Gasteiger partial charge in [0, 0.05) is 23.2 Å².